The Morgan fingerprint density at radius 1 is 1.10 bits per heavy atom. The molecule has 0 spiro atoms. The predicted octanol–water partition coefficient (Wildman–Crippen LogP) is 4.82. The maximum absolute atomic E-state index is 12.6. The Hall–Kier alpha value is -3.46. The predicted molar refractivity (Wildman–Crippen MR) is 113 cm³/mol. The summed E-state index contributed by atoms with van der Waals surface area (Å²) >= 11 is 0. The second-order valence-corrected chi connectivity index (χ2v) is 6.17. The van der Waals surface area contributed by atoms with Crippen molar-refractivity contribution in [1.29, 1.82) is 5.26 Å². The fourth-order valence-electron chi connectivity index (χ4n) is 2.58. The summed E-state index contributed by atoms with van der Waals surface area (Å²) in [5.74, 6) is 1.22. The molecule has 6 nitrogen and oxygen atoms in total. The Balaban J connectivity index is 2.20. The second kappa shape index (κ2) is 11.4. The molecule has 0 atom stereocenters. The van der Waals surface area contributed by atoms with Gasteiger partial charge in [0.25, 0.3) is 5.91 Å². The lowest BCUT2D eigenvalue weighted by Crippen LogP contribution is -2.14. The summed E-state index contributed by atoms with van der Waals surface area (Å²) in [7, 11) is 1.55. The molecule has 2 aromatic carbocycles. The first-order valence-corrected chi connectivity index (χ1v) is 9.58. The maximum Gasteiger partial charge on any atom is 0.266 e. The Kier molecular flexibility index (Phi) is 8.58. The zero-order valence-corrected chi connectivity index (χ0v) is 17.0. The molecule has 0 saturated carbocycles. The average molecular weight is 394 g/mol. The van der Waals surface area contributed by atoms with Gasteiger partial charge >= 0.3 is 0 Å². The van der Waals surface area contributed by atoms with Gasteiger partial charge in [-0.3, -0.25) is 4.79 Å². The molecule has 0 fully saturated rings. The summed E-state index contributed by atoms with van der Waals surface area (Å²) in [6.45, 7) is 5.03. The van der Waals surface area contributed by atoms with Crippen molar-refractivity contribution in [2.45, 2.75) is 26.7 Å². The summed E-state index contributed by atoms with van der Waals surface area (Å²) in [5, 5.41) is 12.2. The highest BCUT2D eigenvalue weighted by Gasteiger charge is 2.13. The number of methoxy groups -OCH3 is 1. The molecule has 2 aromatic rings. The second-order valence-electron chi connectivity index (χ2n) is 6.17. The molecule has 1 N–H and O–H groups in total. The largest absolute Gasteiger partial charge is 0.493 e. The topological polar surface area (TPSA) is 80.6 Å². The third kappa shape index (κ3) is 6.28. The molecule has 0 aliphatic carbocycles. The molecule has 0 aliphatic heterocycles. The first-order chi connectivity index (χ1) is 14.1. The number of benzene rings is 2. The van der Waals surface area contributed by atoms with Crippen LogP contribution < -0.4 is 19.5 Å². The third-order valence-corrected chi connectivity index (χ3v) is 4.05. The molecule has 0 aliphatic rings. The van der Waals surface area contributed by atoms with E-state index in [9.17, 15) is 10.1 Å². The van der Waals surface area contributed by atoms with Crippen LogP contribution in [0.2, 0.25) is 0 Å². The molecule has 6 heteroatoms. The van der Waals surface area contributed by atoms with Crippen LogP contribution in [0.3, 0.4) is 0 Å². The van der Waals surface area contributed by atoms with Gasteiger partial charge in [-0.05, 0) is 49.2 Å². The Morgan fingerprint density at radius 3 is 2.59 bits per heavy atom. The zero-order valence-electron chi connectivity index (χ0n) is 17.0. The quantitative estimate of drug-likeness (QED) is 0.355. The number of unbranched alkanes of at least 4 members (excludes halogenated alkanes) is 1. The first-order valence-electron chi connectivity index (χ1n) is 9.58. The number of hydrogen-bond donors (Lipinski definition) is 1. The molecule has 2 rings (SSSR count). The number of ether oxygens (including phenoxy) is 3. The van der Waals surface area contributed by atoms with E-state index in [0.29, 0.717) is 41.7 Å². The highest BCUT2D eigenvalue weighted by atomic mass is 16.5. The minimum Gasteiger partial charge on any atom is -0.493 e. The van der Waals surface area contributed by atoms with Gasteiger partial charge in [0.1, 0.15) is 17.4 Å². The summed E-state index contributed by atoms with van der Waals surface area (Å²) in [4.78, 5) is 12.6. The lowest BCUT2D eigenvalue weighted by molar-refractivity contribution is -0.112. The van der Waals surface area contributed by atoms with Crippen molar-refractivity contribution in [2.75, 3.05) is 25.6 Å². The maximum atomic E-state index is 12.6. The van der Waals surface area contributed by atoms with Crippen molar-refractivity contribution in [3.05, 3.63) is 53.6 Å². The van der Waals surface area contributed by atoms with Gasteiger partial charge in [0.2, 0.25) is 0 Å². The summed E-state index contributed by atoms with van der Waals surface area (Å²) in [6.07, 6.45) is 3.50. The van der Waals surface area contributed by atoms with E-state index in [1.165, 1.54) is 6.08 Å². The molecule has 0 aromatic heterocycles. The van der Waals surface area contributed by atoms with Crippen LogP contribution in [0.5, 0.6) is 17.2 Å². The van der Waals surface area contributed by atoms with Crippen molar-refractivity contribution in [1.82, 2.24) is 0 Å². The summed E-state index contributed by atoms with van der Waals surface area (Å²) in [5.41, 5.74) is 1.14. The minimum absolute atomic E-state index is 0.0296. The number of amides is 1. The molecule has 0 saturated heterocycles. The summed E-state index contributed by atoms with van der Waals surface area (Å²) < 4.78 is 16.6. The summed E-state index contributed by atoms with van der Waals surface area (Å²) in [6, 6.07) is 14.3. The number of para-hydroxylation sites is 2. The van der Waals surface area contributed by atoms with Crippen LogP contribution in [-0.4, -0.2) is 26.2 Å². The van der Waals surface area contributed by atoms with E-state index in [0.717, 1.165) is 12.8 Å². The number of nitrogens with zero attached hydrogens (tertiary/aromatic N) is 1. The first kappa shape index (κ1) is 21.8. The van der Waals surface area contributed by atoms with Crippen LogP contribution in [0.15, 0.2) is 48.0 Å². The number of carbonyl (C=O) groups is 1. The minimum atomic E-state index is -0.512. The van der Waals surface area contributed by atoms with E-state index in [4.69, 9.17) is 14.2 Å². The van der Waals surface area contributed by atoms with Gasteiger partial charge in [-0.25, -0.2) is 0 Å². The van der Waals surface area contributed by atoms with Crippen molar-refractivity contribution in [3.8, 4) is 23.3 Å². The molecule has 1 amide bonds. The smallest absolute Gasteiger partial charge is 0.266 e. The third-order valence-electron chi connectivity index (χ3n) is 4.05. The van der Waals surface area contributed by atoms with Gasteiger partial charge in [0.15, 0.2) is 11.5 Å². The van der Waals surface area contributed by atoms with Gasteiger partial charge in [0.05, 0.1) is 26.0 Å². The van der Waals surface area contributed by atoms with Crippen LogP contribution in [0.4, 0.5) is 5.69 Å². The van der Waals surface area contributed by atoms with Crippen LogP contribution in [0.25, 0.3) is 6.08 Å². The number of anilines is 1. The molecule has 152 valence electrons. The number of hydrogen-bond acceptors (Lipinski definition) is 5. The fourth-order valence-corrected chi connectivity index (χ4v) is 2.58. The highest BCUT2D eigenvalue weighted by molar-refractivity contribution is 6.10. The van der Waals surface area contributed by atoms with E-state index >= 15 is 0 Å². The molecular formula is C23H26N2O4. The molecule has 0 bridgehead atoms. The van der Waals surface area contributed by atoms with Gasteiger partial charge in [0, 0.05) is 0 Å². The highest BCUT2D eigenvalue weighted by Crippen LogP contribution is 2.29. The van der Waals surface area contributed by atoms with E-state index in [1.807, 2.05) is 19.1 Å². The van der Waals surface area contributed by atoms with Gasteiger partial charge in [-0.15, -0.1) is 0 Å². The Labute approximate surface area is 171 Å². The van der Waals surface area contributed by atoms with Gasteiger partial charge in [-0.2, -0.15) is 5.26 Å². The van der Waals surface area contributed by atoms with E-state index < -0.39 is 5.91 Å². The molecule has 29 heavy (non-hydrogen) atoms. The van der Waals surface area contributed by atoms with Crippen molar-refractivity contribution in [2.24, 2.45) is 0 Å². The van der Waals surface area contributed by atoms with Crippen molar-refractivity contribution >= 4 is 17.7 Å². The monoisotopic (exact) mass is 394 g/mol. The van der Waals surface area contributed by atoms with Gasteiger partial charge in [-0.1, -0.05) is 31.5 Å². The SMILES string of the molecule is CCCCOc1ccc(C=C(C#N)C(=O)Nc2ccccc2OCC)cc1OC. The van der Waals surface area contributed by atoms with E-state index in [-0.39, 0.29) is 5.57 Å². The number of rotatable bonds is 10. The number of nitrogens with one attached hydrogen (secondary N) is 1. The number of nitriles is 1. The van der Waals surface area contributed by atoms with E-state index in [2.05, 4.69) is 12.2 Å². The van der Waals surface area contributed by atoms with Crippen molar-refractivity contribution in [3.63, 3.8) is 0 Å². The molecule has 0 radical (unpaired) electrons. The molecular weight excluding hydrogens is 368 g/mol. The molecule has 0 unspecified atom stereocenters. The Morgan fingerprint density at radius 2 is 1.90 bits per heavy atom. The lowest BCUT2D eigenvalue weighted by atomic mass is 10.1. The van der Waals surface area contributed by atoms with Crippen LogP contribution >= 0.6 is 0 Å². The standard InChI is InChI=1S/C23H26N2O4/c1-4-6-13-29-21-12-11-17(15-22(21)27-3)14-18(16-24)23(26)25-19-9-7-8-10-20(19)28-5-2/h7-12,14-15H,4-6,13H2,1-3H3,(H,25,26). The van der Waals surface area contributed by atoms with Crippen LogP contribution in [0, 0.1) is 11.3 Å². The Bertz CT molecular complexity index is 900. The van der Waals surface area contributed by atoms with Crippen LogP contribution in [-0.2, 0) is 4.79 Å². The zero-order chi connectivity index (χ0) is 21.1. The van der Waals surface area contributed by atoms with Crippen molar-refractivity contribution < 1.29 is 19.0 Å². The van der Waals surface area contributed by atoms with Crippen LogP contribution in [0.1, 0.15) is 32.3 Å². The number of carbonyl (C=O) groups excluding carboxylic acids is 1. The average Bonchev–Trinajstić information content (AvgIpc) is 2.74. The van der Waals surface area contributed by atoms with E-state index in [1.54, 1.807) is 43.5 Å². The van der Waals surface area contributed by atoms with Gasteiger partial charge < -0.3 is 19.5 Å². The normalized spacial score (nSPS) is 10.8. The molecule has 0 heterocycles. The lowest BCUT2D eigenvalue weighted by Gasteiger charge is -2.12. The fraction of sp³-hybridized carbons (Fsp3) is 0.304.